The zero-order chi connectivity index (χ0) is 19.4. The van der Waals surface area contributed by atoms with Gasteiger partial charge in [-0.25, -0.2) is 0 Å². The highest BCUT2D eigenvalue weighted by Crippen LogP contribution is 2.13. The molecule has 138 valence electrons. The van der Waals surface area contributed by atoms with Gasteiger partial charge in [0, 0.05) is 11.8 Å². The van der Waals surface area contributed by atoms with Crippen molar-refractivity contribution in [2.75, 3.05) is 0 Å². The predicted molar refractivity (Wildman–Crippen MR) is 113 cm³/mol. The molecule has 2 heteroatoms. The number of allylic oxidation sites excluding steroid dienone is 9. The highest BCUT2D eigenvalue weighted by Gasteiger charge is 1.99. The third-order valence-electron chi connectivity index (χ3n) is 4.21. The minimum atomic E-state index is 0.0377. The van der Waals surface area contributed by atoms with E-state index in [1.807, 2.05) is 6.92 Å². The Morgan fingerprint density at radius 1 is 1.00 bits per heavy atom. The Hall–Kier alpha value is -2.48. The third kappa shape index (κ3) is 8.06. The van der Waals surface area contributed by atoms with Gasteiger partial charge in [0.15, 0.2) is 5.78 Å². The Bertz CT molecular complexity index is 652. The maximum absolute atomic E-state index is 10.9. The summed E-state index contributed by atoms with van der Waals surface area (Å²) in [7, 11) is 0. The first-order valence-electron chi connectivity index (χ1n) is 9.29. The van der Waals surface area contributed by atoms with E-state index in [9.17, 15) is 4.79 Å². The molecule has 1 aromatic rings. The second-order valence-electron chi connectivity index (χ2n) is 6.39. The van der Waals surface area contributed by atoms with Crippen molar-refractivity contribution in [2.24, 2.45) is 0 Å². The lowest BCUT2D eigenvalue weighted by Crippen LogP contribution is -1.94. The van der Waals surface area contributed by atoms with Crippen LogP contribution in [0.15, 0.2) is 72.5 Å². The van der Waals surface area contributed by atoms with Crippen molar-refractivity contribution in [3.8, 4) is 0 Å². The lowest BCUT2D eigenvalue weighted by atomic mass is 10.1. The van der Waals surface area contributed by atoms with E-state index in [4.69, 9.17) is 0 Å². The molecular weight excluding hydrogens is 318 g/mol. The topological polar surface area (TPSA) is 30.0 Å². The van der Waals surface area contributed by atoms with Crippen molar-refractivity contribution < 1.29 is 4.79 Å². The van der Waals surface area contributed by atoms with Crippen LogP contribution in [0.1, 0.15) is 69.4 Å². The highest BCUT2D eigenvalue weighted by atomic mass is 16.1. The Balaban J connectivity index is 0.000000207. The van der Waals surface area contributed by atoms with Crippen LogP contribution in [0, 0.1) is 0 Å². The van der Waals surface area contributed by atoms with Crippen LogP contribution in [-0.4, -0.2) is 10.8 Å². The summed E-state index contributed by atoms with van der Waals surface area (Å²) >= 11 is 0. The van der Waals surface area contributed by atoms with E-state index < -0.39 is 0 Å². The van der Waals surface area contributed by atoms with Gasteiger partial charge in [-0.1, -0.05) is 68.0 Å². The molecule has 3 rings (SSSR count). The maximum Gasteiger partial charge on any atom is 0.161 e. The molecule has 0 unspecified atom stereocenters. The van der Waals surface area contributed by atoms with Crippen LogP contribution < -0.4 is 0 Å². The van der Waals surface area contributed by atoms with Gasteiger partial charge in [0.05, 0.1) is 5.69 Å². The fourth-order valence-electron chi connectivity index (χ4n) is 2.36. The minimum Gasteiger partial charge on any atom is -0.294 e. The molecule has 26 heavy (non-hydrogen) atoms. The Labute approximate surface area is 158 Å². The van der Waals surface area contributed by atoms with Crippen molar-refractivity contribution in [1.82, 2.24) is 4.98 Å². The molecule has 0 saturated carbocycles. The summed E-state index contributed by atoms with van der Waals surface area (Å²) in [6, 6.07) is 3.57. The number of ketones is 1. The van der Waals surface area contributed by atoms with Crippen LogP contribution in [0.4, 0.5) is 0 Å². The quantitative estimate of drug-likeness (QED) is 0.554. The van der Waals surface area contributed by atoms with E-state index in [2.05, 4.69) is 61.9 Å². The average Bonchev–Trinajstić information content (AvgIpc) is 3.36. The molecule has 0 N–H and O–H groups in total. The molecular formula is C24H31NO. The summed E-state index contributed by atoms with van der Waals surface area (Å²) in [5.74, 6) is 0.0377. The van der Waals surface area contributed by atoms with E-state index >= 15 is 0 Å². The van der Waals surface area contributed by atoms with E-state index in [0.29, 0.717) is 5.56 Å². The summed E-state index contributed by atoms with van der Waals surface area (Å²) in [5, 5.41) is 0. The van der Waals surface area contributed by atoms with Crippen LogP contribution >= 0.6 is 0 Å². The summed E-state index contributed by atoms with van der Waals surface area (Å²) in [4.78, 5) is 14.9. The first kappa shape index (κ1) is 21.6. The smallest absolute Gasteiger partial charge is 0.161 e. The molecule has 0 spiro atoms. The molecule has 0 atom stereocenters. The molecule has 2 aliphatic rings. The third-order valence-corrected chi connectivity index (χ3v) is 4.21. The lowest BCUT2D eigenvalue weighted by molar-refractivity contribution is 0.101. The summed E-state index contributed by atoms with van der Waals surface area (Å²) in [6.07, 6.45) is 19.4. The van der Waals surface area contributed by atoms with Gasteiger partial charge in [0.1, 0.15) is 0 Å². The predicted octanol–water partition coefficient (Wildman–Crippen LogP) is 6.88. The molecule has 2 aliphatic carbocycles. The van der Waals surface area contributed by atoms with Crippen LogP contribution in [-0.2, 0) is 0 Å². The van der Waals surface area contributed by atoms with Gasteiger partial charge in [-0.3, -0.25) is 9.78 Å². The number of hydrogen-bond donors (Lipinski definition) is 0. The number of carbonyl (C=O) groups is 1. The van der Waals surface area contributed by atoms with E-state index in [1.165, 1.54) is 32.6 Å². The minimum absolute atomic E-state index is 0.0377. The summed E-state index contributed by atoms with van der Waals surface area (Å²) < 4.78 is 0. The van der Waals surface area contributed by atoms with E-state index in [-0.39, 0.29) is 5.78 Å². The number of Topliss-reactive ketones (excluding diaryl/α,β-unsaturated/α-hetero) is 1. The van der Waals surface area contributed by atoms with E-state index in [1.54, 1.807) is 29.5 Å². The summed E-state index contributed by atoms with van der Waals surface area (Å²) in [6.45, 7) is 11.5. The number of rotatable bonds is 4. The Morgan fingerprint density at radius 2 is 1.54 bits per heavy atom. The fraction of sp³-hybridized carbons (Fsp3) is 0.333. The standard InChI is InChI=1S/C10H11NO.2C7H10/c1-7(2)10-5-4-9(6-11-10)8(3)12;2*1-2-7-5-3-4-6-7/h4-6H,1H2,2-3H3;2*3-5H,2,6H2,1H3. The SMILES string of the molecule is C=C(C)c1ccc(C(C)=O)cn1.CCC1=CC=CC1.CCC1=CC=CC1. The lowest BCUT2D eigenvalue weighted by Gasteiger charge is -1.98. The van der Waals surface area contributed by atoms with Gasteiger partial charge in [-0.15, -0.1) is 0 Å². The number of pyridine rings is 1. The molecule has 0 aliphatic heterocycles. The number of hydrogen-bond acceptors (Lipinski definition) is 2. The first-order valence-corrected chi connectivity index (χ1v) is 9.29. The van der Waals surface area contributed by atoms with E-state index in [0.717, 1.165) is 11.3 Å². The molecule has 0 radical (unpaired) electrons. The molecule has 1 aromatic heterocycles. The first-order chi connectivity index (χ1) is 12.5. The van der Waals surface area contributed by atoms with Gasteiger partial charge in [-0.05, 0) is 57.2 Å². The molecule has 2 nitrogen and oxygen atoms in total. The van der Waals surface area contributed by atoms with Crippen molar-refractivity contribution in [2.45, 2.75) is 53.4 Å². The largest absolute Gasteiger partial charge is 0.294 e. The van der Waals surface area contributed by atoms with Gasteiger partial charge >= 0.3 is 0 Å². The number of nitrogens with zero attached hydrogens (tertiary/aromatic N) is 1. The van der Waals surface area contributed by atoms with Crippen molar-refractivity contribution in [3.05, 3.63) is 83.8 Å². The van der Waals surface area contributed by atoms with Crippen molar-refractivity contribution in [1.29, 1.82) is 0 Å². The second kappa shape index (κ2) is 12.0. The van der Waals surface area contributed by atoms with Gasteiger partial charge in [-0.2, -0.15) is 0 Å². The zero-order valence-corrected chi connectivity index (χ0v) is 16.6. The average molecular weight is 350 g/mol. The Kier molecular flexibility index (Phi) is 9.93. The van der Waals surface area contributed by atoms with Crippen LogP contribution in [0.5, 0.6) is 0 Å². The van der Waals surface area contributed by atoms with Crippen LogP contribution in [0.25, 0.3) is 5.57 Å². The Morgan fingerprint density at radius 3 is 1.77 bits per heavy atom. The molecule has 0 bridgehead atoms. The normalized spacial score (nSPS) is 13.8. The van der Waals surface area contributed by atoms with Crippen molar-refractivity contribution in [3.63, 3.8) is 0 Å². The van der Waals surface area contributed by atoms with Crippen LogP contribution in [0.2, 0.25) is 0 Å². The molecule has 0 fully saturated rings. The number of carbonyl (C=O) groups excluding carboxylic acids is 1. The molecule has 0 aromatic carbocycles. The number of aromatic nitrogens is 1. The second-order valence-corrected chi connectivity index (χ2v) is 6.39. The van der Waals surface area contributed by atoms with Gasteiger partial charge in [0.25, 0.3) is 0 Å². The molecule has 0 saturated heterocycles. The van der Waals surface area contributed by atoms with Gasteiger partial charge in [0.2, 0.25) is 0 Å². The highest BCUT2D eigenvalue weighted by molar-refractivity contribution is 5.93. The summed E-state index contributed by atoms with van der Waals surface area (Å²) in [5.41, 5.74) is 5.49. The zero-order valence-electron chi connectivity index (χ0n) is 16.6. The van der Waals surface area contributed by atoms with Gasteiger partial charge < -0.3 is 0 Å². The molecule has 1 heterocycles. The maximum atomic E-state index is 10.9. The van der Waals surface area contributed by atoms with Crippen molar-refractivity contribution >= 4 is 11.4 Å². The molecule has 0 amide bonds. The monoisotopic (exact) mass is 349 g/mol. The fourth-order valence-corrected chi connectivity index (χ4v) is 2.36. The van der Waals surface area contributed by atoms with Crippen LogP contribution in [0.3, 0.4) is 0 Å².